The van der Waals surface area contributed by atoms with Crippen molar-refractivity contribution in [3.05, 3.63) is 29.6 Å². The average Bonchev–Trinajstić information content (AvgIpc) is 2.17. The van der Waals surface area contributed by atoms with Crippen LogP contribution in [0.5, 0.6) is 0 Å². The van der Waals surface area contributed by atoms with Crippen LogP contribution in [0, 0.1) is 0 Å². The quantitative estimate of drug-likeness (QED) is 0.368. The molecule has 1 heterocycles. The van der Waals surface area contributed by atoms with Crippen molar-refractivity contribution in [1.82, 2.24) is 10.5 Å². The van der Waals surface area contributed by atoms with E-state index in [0.29, 0.717) is 6.29 Å². The zero-order valence-corrected chi connectivity index (χ0v) is 6.02. The van der Waals surface area contributed by atoms with Crippen LogP contribution in [0.25, 0.3) is 0 Å². The van der Waals surface area contributed by atoms with Crippen molar-refractivity contribution < 1.29 is 14.8 Å². The molecule has 0 aliphatic rings. The molecule has 1 aromatic rings. The summed E-state index contributed by atoms with van der Waals surface area (Å²) in [5.74, 6) is -0.689. The molecule has 0 radical (unpaired) electrons. The van der Waals surface area contributed by atoms with E-state index in [1.807, 2.05) is 0 Å². The van der Waals surface area contributed by atoms with Crippen LogP contribution in [-0.2, 0) is 0 Å². The lowest BCUT2D eigenvalue weighted by molar-refractivity contribution is 0.0706. The molecule has 1 rings (SSSR count). The summed E-state index contributed by atoms with van der Waals surface area (Å²) >= 11 is 0. The van der Waals surface area contributed by atoms with Crippen molar-refractivity contribution in [1.29, 1.82) is 0 Å². The van der Waals surface area contributed by atoms with E-state index in [4.69, 9.17) is 5.21 Å². The normalized spacial score (nSPS) is 9.08. The van der Waals surface area contributed by atoms with Crippen LogP contribution in [0.15, 0.2) is 18.5 Å². The highest BCUT2D eigenvalue weighted by Crippen LogP contribution is 1.99. The highest BCUT2D eigenvalue weighted by Gasteiger charge is 2.04. The third kappa shape index (κ3) is 1.64. The Kier molecular flexibility index (Phi) is 2.49. The second kappa shape index (κ2) is 3.59. The lowest BCUT2D eigenvalue weighted by Crippen LogP contribution is -2.18. The molecule has 0 saturated heterocycles. The van der Waals surface area contributed by atoms with Gasteiger partial charge in [0.2, 0.25) is 0 Å². The molecule has 0 spiro atoms. The van der Waals surface area contributed by atoms with E-state index in [9.17, 15) is 9.59 Å². The molecule has 2 N–H and O–H groups in total. The van der Waals surface area contributed by atoms with Crippen LogP contribution >= 0.6 is 0 Å². The number of pyridine rings is 1. The van der Waals surface area contributed by atoms with Gasteiger partial charge in [-0.25, -0.2) is 5.48 Å². The van der Waals surface area contributed by atoms with Gasteiger partial charge in [-0.15, -0.1) is 0 Å². The number of aromatic nitrogens is 1. The Morgan fingerprint density at radius 2 is 2.33 bits per heavy atom. The lowest BCUT2D eigenvalue weighted by Gasteiger charge is -1.97. The van der Waals surface area contributed by atoms with Gasteiger partial charge in [0, 0.05) is 18.0 Å². The predicted molar refractivity (Wildman–Crippen MR) is 38.9 cm³/mol. The highest BCUT2D eigenvalue weighted by molar-refractivity contribution is 5.94. The summed E-state index contributed by atoms with van der Waals surface area (Å²) in [6, 6.07) is 1.32. The van der Waals surface area contributed by atoms with Gasteiger partial charge in [0.15, 0.2) is 6.29 Å². The van der Waals surface area contributed by atoms with Gasteiger partial charge < -0.3 is 0 Å². The summed E-state index contributed by atoms with van der Waals surface area (Å²) in [7, 11) is 0. The molecule has 5 heteroatoms. The summed E-state index contributed by atoms with van der Waals surface area (Å²) in [4.78, 5) is 24.6. The number of hydroxylamine groups is 1. The SMILES string of the molecule is O=Cc1cncc(C(=O)NO)c1. The van der Waals surface area contributed by atoms with Crippen molar-refractivity contribution in [2.45, 2.75) is 0 Å². The van der Waals surface area contributed by atoms with Crippen LogP contribution in [0.2, 0.25) is 0 Å². The number of rotatable bonds is 2. The zero-order chi connectivity index (χ0) is 8.97. The Balaban J connectivity index is 3.01. The number of hydrogen-bond donors (Lipinski definition) is 2. The van der Waals surface area contributed by atoms with E-state index < -0.39 is 5.91 Å². The number of carbonyl (C=O) groups is 2. The number of nitrogens with zero attached hydrogens (tertiary/aromatic N) is 1. The van der Waals surface area contributed by atoms with Crippen LogP contribution in [0.4, 0.5) is 0 Å². The van der Waals surface area contributed by atoms with Crippen molar-refractivity contribution in [2.75, 3.05) is 0 Å². The maximum absolute atomic E-state index is 10.8. The summed E-state index contributed by atoms with van der Waals surface area (Å²) in [5, 5.41) is 8.24. The van der Waals surface area contributed by atoms with E-state index in [1.54, 1.807) is 0 Å². The smallest absolute Gasteiger partial charge is 0.276 e. The zero-order valence-electron chi connectivity index (χ0n) is 6.02. The number of carbonyl (C=O) groups excluding carboxylic acids is 2. The standard InChI is InChI=1S/C7H6N2O3/c10-4-5-1-6(3-8-2-5)7(11)9-12/h1-4,12H,(H,9,11). The van der Waals surface area contributed by atoms with Gasteiger partial charge in [-0.2, -0.15) is 0 Å². The van der Waals surface area contributed by atoms with E-state index >= 15 is 0 Å². The maximum Gasteiger partial charge on any atom is 0.276 e. The summed E-state index contributed by atoms with van der Waals surface area (Å²) < 4.78 is 0. The van der Waals surface area contributed by atoms with E-state index in [-0.39, 0.29) is 11.1 Å². The van der Waals surface area contributed by atoms with Gasteiger partial charge in [-0.05, 0) is 6.07 Å². The van der Waals surface area contributed by atoms with Crippen molar-refractivity contribution in [2.24, 2.45) is 0 Å². The fourth-order valence-electron chi connectivity index (χ4n) is 0.711. The second-order valence-electron chi connectivity index (χ2n) is 2.07. The molecular weight excluding hydrogens is 160 g/mol. The molecule has 1 amide bonds. The molecule has 0 saturated carbocycles. The van der Waals surface area contributed by atoms with Crippen LogP contribution in [-0.4, -0.2) is 22.4 Å². The van der Waals surface area contributed by atoms with Gasteiger partial charge in [0.1, 0.15) is 0 Å². The van der Waals surface area contributed by atoms with Gasteiger partial charge in [-0.3, -0.25) is 19.8 Å². The summed E-state index contributed by atoms with van der Waals surface area (Å²) in [5.41, 5.74) is 1.87. The van der Waals surface area contributed by atoms with Gasteiger partial charge in [-0.1, -0.05) is 0 Å². The van der Waals surface area contributed by atoms with Crippen LogP contribution in [0.1, 0.15) is 20.7 Å². The highest BCUT2D eigenvalue weighted by atomic mass is 16.5. The van der Waals surface area contributed by atoms with Crippen LogP contribution < -0.4 is 5.48 Å². The van der Waals surface area contributed by atoms with Gasteiger partial charge in [0.25, 0.3) is 5.91 Å². The van der Waals surface area contributed by atoms with Crippen molar-refractivity contribution >= 4 is 12.2 Å². The first-order chi connectivity index (χ1) is 5.77. The maximum atomic E-state index is 10.8. The molecule has 0 aromatic carbocycles. The second-order valence-corrected chi connectivity index (χ2v) is 2.07. The summed E-state index contributed by atoms with van der Waals surface area (Å²) in [6.07, 6.45) is 3.14. The third-order valence-corrected chi connectivity index (χ3v) is 1.26. The topological polar surface area (TPSA) is 79.3 Å². The van der Waals surface area contributed by atoms with Crippen molar-refractivity contribution in [3.63, 3.8) is 0 Å². The summed E-state index contributed by atoms with van der Waals surface area (Å²) in [6.45, 7) is 0. The first kappa shape index (κ1) is 8.35. The van der Waals surface area contributed by atoms with Crippen LogP contribution in [0.3, 0.4) is 0 Å². The van der Waals surface area contributed by atoms with Gasteiger partial charge >= 0.3 is 0 Å². The monoisotopic (exact) mass is 166 g/mol. The molecule has 1 aromatic heterocycles. The molecule has 62 valence electrons. The molecule has 0 aliphatic carbocycles. The minimum absolute atomic E-state index is 0.141. The minimum atomic E-state index is -0.689. The molecule has 12 heavy (non-hydrogen) atoms. The average molecular weight is 166 g/mol. The third-order valence-electron chi connectivity index (χ3n) is 1.26. The first-order valence-electron chi connectivity index (χ1n) is 3.12. The Labute approximate surface area is 68.0 Å². The number of nitrogens with one attached hydrogen (secondary N) is 1. The predicted octanol–water partition coefficient (Wildman–Crippen LogP) is 0.0131. The van der Waals surface area contributed by atoms with Gasteiger partial charge in [0.05, 0.1) is 5.56 Å². The Morgan fingerprint density at radius 3 is 2.92 bits per heavy atom. The Hall–Kier alpha value is -1.75. The fourth-order valence-corrected chi connectivity index (χ4v) is 0.711. The van der Waals surface area contributed by atoms with E-state index in [1.165, 1.54) is 23.9 Å². The molecular formula is C7H6N2O3. The Bertz CT molecular complexity index is 311. The molecule has 0 fully saturated rings. The molecule has 0 aliphatic heterocycles. The molecule has 0 unspecified atom stereocenters. The first-order valence-corrected chi connectivity index (χ1v) is 3.12. The fraction of sp³-hybridized carbons (Fsp3) is 0. The lowest BCUT2D eigenvalue weighted by atomic mass is 10.2. The molecule has 5 nitrogen and oxygen atoms in total. The Morgan fingerprint density at radius 1 is 1.58 bits per heavy atom. The number of hydrogen-bond acceptors (Lipinski definition) is 4. The molecule has 0 atom stereocenters. The molecule has 0 bridgehead atoms. The number of amides is 1. The van der Waals surface area contributed by atoms with Crippen molar-refractivity contribution in [3.8, 4) is 0 Å². The minimum Gasteiger partial charge on any atom is -0.298 e. The van der Waals surface area contributed by atoms with E-state index in [0.717, 1.165) is 0 Å². The number of aldehydes is 1. The van der Waals surface area contributed by atoms with E-state index in [2.05, 4.69) is 4.98 Å². The largest absolute Gasteiger partial charge is 0.298 e.